The van der Waals surface area contributed by atoms with E-state index in [1.165, 1.54) is 23.4 Å². The summed E-state index contributed by atoms with van der Waals surface area (Å²) in [6, 6.07) is 1.48. The van der Waals surface area contributed by atoms with E-state index in [9.17, 15) is 8.42 Å². The van der Waals surface area contributed by atoms with Gasteiger partial charge in [0, 0.05) is 14.1 Å². The van der Waals surface area contributed by atoms with Crippen molar-refractivity contribution in [1.29, 1.82) is 0 Å². The van der Waals surface area contributed by atoms with Crippen molar-refractivity contribution in [2.45, 2.75) is 36.8 Å². The quantitative estimate of drug-likeness (QED) is 0.889. The lowest BCUT2D eigenvalue weighted by atomic mass is 9.80. The van der Waals surface area contributed by atoms with Crippen LogP contribution < -0.4 is 4.72 Å². The van der Waals surface area contributed by atoms with Gasteiger partial charge >= 0.3 is 0 Å². The molecule has 1 fully saturated rings. The third kappa shape index (κ3) is 2.60. The van der Waals surface area contributed by atoms with E-state index in [1.807, 2.05) is 13.2 Å². The highest BCUT2D eigenvalue weighted by Gasteiger charge is 2.26. The first-order chi connectivity index (χ1) is 9.99. The number of nitrogens with zero attached hydrogens (tertiary/aromatic N) is 4. The fourth-order valence-electron chi connectivity index (χ4n) is 2.62. The molecule has 7 nitrogen and oxygen atoms in total. The number of aromatic nitrogens is 4. The Morgan fingerprint density at radius 3 is 2.62 bits per heavy atom. The molecule has 1 aliphatic rings. The molecule has 0 radical (unpaired) electrons. The predicted molar refractivity (Wildman–Crippen MR) is 77.0 cm³/mol. The van der Waals surface area contributed by atoms with Gasteiger partial charge in [-0.3, -0.25) is 9.36 Å². The van der Waals surface area contributed by atoms with Gasteiger partial charge in [0.2, 0.25) is 0 Å². The molecule has 0 saturated heterocycles. The summed E-state index contributed by atoms with van der Waals surface area (Å²) in [4.78, 5) is 0. The molecule has 1 N–H and O–H groups in total. The minimum Gasteiger partial charge on any atom is -0.271 e. The van der Waals surface area contributed by atoms with Gasteiger partial charge in [-0.2, -0.15) is 10.2 Å². The van der Waals surface area contributed by atoms with E-state index in [-0.39, 0.29) is 11.6 Å². The van der Waals surface area contributed by atoms with Crippen LogP contribution in [0, 0.1) is 0 Å². The fourth-order valence-corrected chi connectivity index (χ4v) is 3.73. The molecule has 2 aromatic rings. The molecule has 0 aliphatic heterocycles. The van der Waals surface area contributed by atoms with Crippen LogP contribution in [0.4, 0.5) is 0 Å². The Labute approximate surface area is 124 Å². The molecule has 3 rings (SSSR count). The molecule has 0 unspecified atom stereocenters. The van der Waals surface area contributed by atoms with Gasteiger partial charge in [-0.15, -0.1) is 0 Å². The second-order valence-electron chi connectivity index (χ2n) is 5.42. The summed E-state index contributed by atoms with van der Waals surface area (Å²) < 4.78 is 30.3. The van der Waals surface area contributed by atoms with Crippen molar-refractivity contribution in [2.24, 2.45) is 14.1 Å². The maximum atomic E-state index is 12.3. The Morgan fingerprint density at radius 2 is 2.05 bits per heavy atom. The van der Waals surface area contributed by atoms with Crippen molar-refractivity contribution >= 4 is 10.0 Å². The molecule has 21 heavy (non-hydrogen) atoms. The molecular weight excluding hydrogens is 290 g/mol. The maximum absolute atomic E-state index is 12.3. The van der Waals surface area contributed by atoms with Crippen molar-refractivity contribution in [3.8, 4) is 0 Å². The lowest BCUT2D eigenvalue weighted by molar-refractivity contribution is 0.416. The standard InChI is InChI=1S/C13H19N5O2S/c1-17-12(11(8-15-17)10-4-3-5-10)9-16-21(19,20)13-6-7-14-18(13)2/h6-8,10,16H,3-5,9H2,1-2H3. The Kier molecular flexibility index (Phi) is 3.58. The molecular formula is C13H19N5O2S. The zero-order valence-corrected chi connectivity index (χ0v) is 13.0. The third-order valence-corrected chi connectivity index (χ3v) is 5.60. The molecule has 1 aliphatic carbocycles. The Balaban J connectivity index is 1.79. The molecule has 1 saturated carbocycles. The van der Waals surface area contributed by atoms with Crippen LogP contribution in [-0.4, -0.2) is 28.0 Å². The van der Waals surface area contributed by atoms with Gasteiger partial charge in [-0.1, -0.05) is 6.42 Å². The highest BCUT2D eigenvalue weighted by molar-refractivity contribution is 7.89. The van der Waals surface area contributed by atoms with Crippen molar-refractivity contribution < 1.29 is 8.42 Å². The zero-order chi connectivity index (χ0) is 15.0. The molecule has 0 bridgehead atoms. The second kappa shape index (κ2) is 5.27. The van der Waals surface area contributed by atoms with E-state index in [0.717, 1.165) is 24.1 Å². The van der Waals surface area contributed by atoms with E-state index in [4.69, 9.17) is 0 Å². The van der Waals surface area contributed by atoms with E-state index in [2.05, 4.69) is 14.9 Å². The molecule has 0 amide bonds. The van der Waals surface area contributed by atoms with E-state index >= 15 is 0 Å². The number of hydrogen-bond acceptors (Lipinski definition) is 4. The molecule has 2 heterocycles. The minimum absolute atomic E-state index is 0.162. The molecule has 0 spiro atoms. The van der Waals surface area contributed by atoms with E-state index in [1.54, 1.807) is 11.7 Å². The highest BCUT2D eigenvalue weighted by atomic mass is 32.2. The fraction of sp³-hybridized carbons (Fsp3) is 0.538. The average Bonchev–Trinajstić information content (AvgIpc) is 2.93. The first kappa shape index (κ1) is 14.3. The van der Waals surface area contributed by atoms with Gasteiger partial charge in [-0.05, 0) is 30.4 Å². The SMILES string of the molecule is Cn1nccc1S(=O)(=O)NCc1c(C2CCC2)cnn1C. The Hall–Kier alpha value is -1.67. The molecule has 8 heteroatoms. The van der Waals surface area contributed by atoms with Crippen molar-refractivity contribution in [1.82, 2.24) is 24.3 Å². The van der Waals surface area contributed by atoms with Crippen molar-refractivity contribution in [3.63, 3.8) is 0 Å². The smallest absolute Gasteiger partial charge is 0.258 e. The topological polar surface area (TPSA) is 81.8 Å². The summed E-state index contributed by atoms with van der Waals surface area (Å²) in [6.45, 7) is 0.246. The molecule has 0 atom stereocenters. The summed E-state index contributed by atoms with van der Waals surface area (Å²) in [7, 11) is -0.110. The number of sulfonamides is 1. The van der Waals surface area contributed by atoms with Gasteiger partial charge in [0.15, 0.2) is 5.03 Å². The van der Waals surface area contributed by atoms with Crippen LogP contribution in [0.1, 0.15) is 36.4 Å². The van der Waals surface area contributed by atoms with Crippen LogP contribution in [0.5, 0.6) is 0 Å². The Morgan fingerprint density at radius 1 is 1.29 bits per heavy atom. The summed E-state index contributed by atoms with van der Waals surface area (Å²) >= 11 is 0. The molecule has 114 valence electrons. The lowest BCUT2D eigenvalue weighted by Crippen LogP contribution is -2.27. The van der Waals surface area contributed by atoms with Crippen LogP contribution in [0.3, 0.4) is 0 Å². The van der Waals surface area contributed by atoms with E-state index < -0.39 is 10.0 Å². The van der Waals surface area contributed by atoms with Crippen LogP contribution in [-0.2, 0) is 30.7 Å². The van der Waals surface area contributed by atoms with Crippen molar-refractivity contribution in [2.75, 3.05) is 0 Å². The van der Waals surface area contributed by atoms with Crippen LogP contribution in [0.2, 0.25) is 0 Å². The van der Waals surface area contributed by atoms with Crippen LogP contribution >= 0.6 is 0 Å². The first-order valence-electron chi connectivity index (χ1n) is 6.97. The van der Waals surface area contributed by atoms with Crippen LogP contribution in [0.25, 0.3) is 0 Å². The summed E-state index contributed by atoms with van der Waals surface area (Å²) in [6.07, 6.45) is 6.88. The number of hydrogen-bond donors (Lipinski definition) is 1. The second-order valence-corrected chi connectivity index (χ2v) is 7.13. The van der Waals surface area contributed by atoms with Gasteiger partial charge in [0.1, 0.15) is 0 Å². The predicted octanol–water partition coefficient (Wildman–Crippen LogP) is 0.900. The normalized spacial score (nSPS) is 16.1. The summed E-state index contributed by atoms with van der Waals surface area (Å²) in [5, 5.41) is 8.32. The molecule has 2 aromatic heterocycles. The summed E-state index contributed by atoms with van der Waals surface area (Å²) in [5.41, 5.74) is 2.10. The molecule has 0 aromatic carbocycles. The van der Waals surface area contributed by atoms with Gasteiger partial charge in [0.25, 0.3) is 10.0 Å². The van der Waals surface area contributed by atoms with Gasteiger partial charge in [-0.25, -0.2) is 13.1 Å². The van der Waals surface area contributed by atoms with Crippen LogP contribution in [0.15, 0.2) is 23.5 Å². The number of aryl methyl sites for hydroxylation is 2. The maximum Gasteiger partial charge on any atom is 0.258 e. The highest BCUT2D eigenvalue weighted by Crippen LogP contribution is 2.37. The lowest BCUT2D eigenvalue weighted by Gasteiger charge is -2.25. The number of nitrogens with one attached hydrogen (secondary N) is 1. The van der Waals surface area contributed by atoms with Gasteiger partial charge in [0.05, 0.1) is 24.6 Å². The largest absolute Gasteiger partial charge is 0.271 e. The van der Waals surface area contributed by atoms with E-state index in [0.29, 0.717) is 5.92 Å². The number of rotatable bonds is 5. The van der Waals surface area contributed by atoms with Gasteiger partial charge < -0.3 is 0 Å². The summed E-state index contributed by atoms with van der Waals surface area (Å²) in [5.74, 6) is 0.523. The first-order valence-corrected chi connectivity index (χ1v) is 8.46. The average molecular weight is 309 g/mol. The minimum atomic E-state index is -3.56. The Bertz CT molecular complexity index is 742. The third-order valence-electron chi connectivity index (χ3n) is 4.12. The van der Waals surface area contributed by atoms with Crippen molar-refractivity contribution in [3.05, 3.63) is 29.7 Å². The zero-order valence-electron chi connectivity index (χ0n) is 12.2. The monoisotopic (exact) mass is 309 g/mol.